The Labute approximate surface area is 302 Å². The molecule has 1 heterocycles. The number of ether oxygens (including phenoxy) is 3. The van der Waals surface area contributed by atoms with E-state index in [1.165, 1.54) is 50.5 Å². The van der Waals surface area contributed by atoms with Crippen molar-refractivity contribution < 1.29 is 33.7 Å². The van der Waals surface area contributed by atoms with Crippen molar-refractivity contribution in [2.24, 2.45) is 62.1 Å². The summed E-state index contributed by atoms with van der Waals surface area (Å²) in [7, 11) is 0. The first-order valence-corrected chi connectivity index (χ1v) is 20.1. The van der Waals surface area contributed by atoms with Gasteiger partial charge in [-0.2, -0.15) is 0 Å². The highest BCUT2D eigenvalue weighted by atomic mass is 16.6. The second kappa shape index (κ2) is 13.2. The van der Waals surface area contributed by atoms with Crippen LogP contribution in [0.2, 0.25) is 0 Å². The van der Waals surface area contributed by atoms with E-state index in [0.29, 0.717) is 49.2 Å². The van der Waals surface area contributed by atoms with E-state index in [4.69, 9.17) is 14.2 Å². The molecule has 0 aromatic rings. The molecule has 1 saturated heterocycles. The molecule has 5 saturated carbocycles. The second-order valence-corrected chi connectivity index (χ2v) is 20.3. The Morgan fingerprint density at radius 1 is 0.820 bits per heavy atom. The summed E-state index contributed by atoms with van der Waals surface area (Å²) in [6, 6.07) is 0. The van der Waals surface area contributed by atoms with Crippen molar-refractivity contribution in [3.63, 3.8) is 0 Å². The van der Waals surface area contributed by atoms with Gasteiger partial charge in [0.1, 0.15) is 12.2 Å². The van der Waals surface area contributed by atoms with Crippen molar-refractivity contribution in [2.45, 2.75) is 164 Å². The van der Waals surface area contributed by atoms with Crippen molar-refractivity contribution in [3.8, 4) is 0 Å². The van der Waals surface area contributed by atoms with Gasteiger partial charge in [0, 0.05) is 18.3 Å². The number of aliphatic carboxylic acids is 1. The summed E-state index contributed by atoms with van der Waals surface area (Å²) in [6.07, 6.45) is 13.7. The van der Waals surface area contributed by atoms with Crippen molar-refractivity contribution in [1.82, 2.24) is 0 Å². The van der Waals surface area contributed by atoms with Crippen LogP contribution in [0.15, 0.2) is 12.2 Å². The van der Waals surface area contributed by atoms with Crippen LogP contribution in [0.1, 0.15) is 152 Å². The number of hydrogen-bond acceptors (Lipinski definition) is 6. The molecule has 11 atom stereocenters. The first-order valence-electron chi connectivity index (χ1n) is 20.1. The summed E-state index contributed by atoms with van der Waals surface area (Å²) in [5.74, 6) is 1.60. The smallest absolute Gasteiger partial charge is 0.306 e. The van der Waals surface area contributed by atoms with Crippen LogP contribution in [0.4, 0.5) is 0 Å². The van der Waals surface area contributed by atoms with E-state index in [-0.39, 0.29) is 64.1 Å². The maximum absolute atomic E-state index is 13.2. The number of rotatable bonds is 10. The van der Waals surface area contributed by atoms with Crippen LogP contribution >= 0.6 is 0 Å². The number of hydrogen-bond donors (Lipinski definition) is 1. The first-order chi connectivity index (χ1) is 23.3. The van der Waals surface area contributed by atoms with Crippen LogP contribution in [0.3, 0.4) is 0 Å². The van der Waals surface area contributed by atoms with Gasteiger partial charge < -0.3 is 19.3 Å². The van der Waals surface area contributed by atoms with E-state index >= 15 is 0 Å². The topological polar surface area (TPSA) is 99.1 Å². The van der Waals surface area contributed by atoms with Gasteiger partial charge in [-0.25, -0.2) is 0 Å². The van der Waals surface area contributed by atoms with Gasteiger partial charge in [-0.05, 0) is 134 Å². The maximum Gasteiger partial charge on any atom is 0.306 e. The molecule has 7 heteroatoms. The molecule has 5 unspecified atom stereocenters. The highest BCUT2D eigenvalue weighted by Gasteiger charge is 2.71. The summed E-state index contributed by atoms with van der Waals surface area (Å²) >= 11 is 0. The molecule has 6 aliphatic rings. The Morgan fingerprint density at radius 2 is 1.56 bits per heavy atom. The van der Waals surface area contributed by atoms with E-state index in [1.54, 1.807) is 0 Å². The van der Waals surface area contributed by atoms with Gasteiger partial charge >= 0.3 is 17.9 Å². The Kier molecular flexibility index (Phi) is 9.99. The van der Waals surface area contributed by atoms with Crippen LogP contribution < -0.4 is 0 Å². The number of carboxylic acids is 1. The molecular formula is C43H68O7. The molecule has 282 valence electrons. The Balaban J connectivity index is 1.20. The first kappa shape index (κ1) is 37.9. The molecule has 0 radical (unpaired) electrons. The van der Waals surface area contributed by atoms with Gasteiger partial charge in [-0.3, -0.25) is 14.4 Å². The zero-order valence-corrected chi connectivity index (χ0v) is 32.7. The summed E-state index contributed by atoms with van der Waals surface area (Å²) in [5, 5.41) is 9.34. The molecule has 0 spiro atoms. The number of carboxylic acid groups (broad SMARTS) is 1. The third kappa shape index (κ3) is 6.29. The van der Waals surface area contributed by atoms with Gasteiger partial charge in [0.05, 0.1) is 26.1 Å². The summed E-state index contributed by atoms with van der Waals surface area (Å²) in [6.45, 7) is 24.3. The predicted molar refractivity (Wildman–Crippen MR) is 194 cm³/mol. The lowest BCUT2D eigenvalue weighted by Crippen LogP contribution is -2.66. The molecule has 0 aromatic heterocycles. The van der Waals surface area contributed by atoms with Crippen LogP contribution in [-0.4, -0.2) is 48.4 Å². The van der Waals surface area contributed by atoms with E-state index in [1.807, 2.05) is 13.8 Å². The Bertz CT molecular complexity index is 1340. The highest BCUT2D eigenvalue weighted by molar-refractivity contribution is 5.73. The number of fused-ring (bicyclic) bond motifs is 7. The molecule has 1 N–H and O–H groups in total. The fraction of sp³-hybridized carbons (Fsp3) is 0.884. The van der Waals surface area contributed by atoms with E-state index in [2.05, 4.69) is 48.1 Å². The molecule has 7 nitrogen and oxygen atoms in total. The molecule has 50 heavy (non-hydrogen) atoms. The Morgan fingerprint density at radius 3 is 2.22 bits per heavy atom. The molecule has 5 aliphatic carbocycles. The SMILES string of the molecule is C=C(C)[C@@H]1CC[C@]2(CCC(=O)OC3CCOC3)CC[C@]3(C)[C@H](CCC4[C@@]5(C)CCC(OC(=O)CC(C)(C)CC(=O)O)C(C)(C)C5CC[C@]43C)C12. The highest BCUT2D eigenvalue weighted by Crippen LogP contribution is 2.78. The van der Waals surface area contributed by atoms with Gasteiger partial charge in [-0.1, -0.05) is 60.6 Å². The summed E-state index contributed by atoms with van der Waals surface area (Å²) in [5.41, 5.74) is 1.34. The Hall–Kier alpha value is -1.89. The fourth-order valence-electron chi connectivity index (χ4n) is 14.2. The van der Waals surface area contributed by atoms with Gasteiger partial charge in [0.15, 0.2) is 0 Å². The number of allylic oxidation sites excluding steroid dienone is 1. The molecule has 6 rings (SSSR count). The maximum atomic E-state index is 13.2. The number of esters is 2. The second-order valence-electron chi connectivity index (χ2n) is 20.3. The van der Waals surface area contributed by atoms with E-state index in [9.17, 15) is 19.5 Å². The van der Waals surface area contributed by atoms with Crippen molar-refractivity contribution in [2.75, 3.05) is 13.2 Å². The zero-order valence-electron chi connectivity index (χ0n) is 32.7. The monoisotopic (exact) mass is 696 g/mol. The van der Waals surface area contributed by atoms with Gasteiger partial charge in [-0.15, -0.1) is 0 Å². The van der Waals surface area contributed by atoms with Crippen LogP contribution in [0.25, 0.3) is 0 Å². The minimum absolute atomic E-state index is 0.0458. The number of carbonyl (C=O) groups excluding carboxylic acids is 2. The molecule has 0 amide bonds. The quantitative estimate of drug-likeness (QED) is 0.179. The molecule has 0 bridgehead atoms. The van der Waals surface area contributed by atoms with Crippen LogP contribution in [0.5, 0.6) is 0 Å². The van der Waals surface area contributed by atoms with Crippen LogP contribution in [0, 0.1) is 62.1 Å². The summed E-state index contributed by atoms with van der Waals surface area (Å²) < 4.78 is 17.6. The third-order valence-electron chi connectivity index (χ3n) is 16.7. The van der Waals surface area contributed by atoms with Crippen molar-refractivity contribution >= 4 is 17.9 Å². The molecule has 0 aromatic carbocycles. The lowest BCUT2D eigenvalue weighted by molar-refractivity contribution is -0.250. The number of carbonyl (C=O) groups is 3. The van der Waals surface area contributed by atoms with E-state index < -0.39 is 11.4 Å². The van der Waals surface area contributed by atoms with Crippen molar-refractivity contribution in [3.05, 3.63) is 12.2 Å². The third-order valence-corrected chi connectivity index (χ3v) is 16.7. The van der Waals surface area contributed by atoms with Gasteiger partial charge in [0.2, 0.25) is 0 Å². The zero-order chi connectivity index (χ0) is 36.5. The minimum atomic E-state index is -0.882. The molecular weight excluding hydrogens is 628 g/mol. The van der Waals surface area contributed by atoms with Crippen molar-refractivity contribution in [1.29, 1.82) is 0 Å². The fourth-order valence-corrected chi connectivity index (χ4v) is 14.2. The molecule has 6 fully saturated rings. The standard InChI is InChI=1S/C43H68O7/c1-27(2)29-12-19-43(20-15-35(46)49-28-16-23-48-26-28)22-21-41(8)30(37(29)43)10-11-32-40(7)17-14-33(39(5,6)31(40)13-18-42(32,41)9)50-36(47)25-38(3,4)24-34(44)45/h28-33,37H,1,10-26H2,2-9H3,(H,44,45)/t28?,29-,30+,31?,32?,33?,37?,40-,41+,42+,43-/m0/s1. The predicted octanol–water partition coefficient (Wildman–Crippen LogP) is 9.56. The lowest BCUT2D eigenvalue weighted by Gasteiger charge is -2.73. The average molecular weight is 697 g/mol. The van der Waals surface area contributed by atoms with E-state index in [0.717, 1.165) is 32.1 Å². The normalized spacial score (nSPS) is 43.5. The molecule has 1 aliphatic heterocycles. The summed E-state index contributed by atoms with van der Waals surface area (Å²) in [4.78, 5) is 37.7. The minimum Gasteiger partial charge on any atom is -0.481 e. The lowest BCUT2D eigenvalue weighted by atomic mass is 9.32. The average Bonchev–Trinajstić information content (AvgIpc) is 3.65. The van der Waals surface area contributed by atoms with Crippen LogP contribution in [-0.2, 0) is 28.6 Å². The van der Waals surface area contributed by atoms with Gasteiger partial charge in [0.25, 0.3) is 0 Å². The largest absolute Gasteiger partial charge is 0.481 e.